The maximum atomic E-state index is 11.7. The molecule has 0 bridgehead atoms. The van der Waals surface area contributed by atoms with Crippen molar-refractivity contribution in [1.82, 2.24) is 15.2 Å². The molecule has 6 heteroatoms. The first-order valence-corrected chi connectivity index (χ1v) is 7.34. The van der Waals surface area contributed by atoms with Gasteiger partial charge in [-0.1, -0.05) is 0 Å². The smallest absolute Gasteiger partial charge is 0.410 e. The molecule has 0 unspecified atom stereocenters. The zero-order valence-electron chi connectivity index (χ0n) is 11.9. The minimum atomic E-state index is -0.423. The van der Waals surface area contributed by atoms with Crippen molar-refractivity contribution in [3.63, 3.8) is 0 Å². The summed E-state index contributed by atoms with van der Waals surface area (Å²) in [4.78, 5) is 17.8. The lowest BCUT2D eigenvalue weighted by Gasteiger charge is -2.40. The second-order valence-corrected chi connectivity index (χ2v) is 6.88. The number of nitrogens with zero attached hydrogens (tertiary/aromatic N) is 2. The van der Waals surface area contributed by atoms with E-state index in [4.69, 9.17) is 4.74 Å². The second-order valence-electron chi connectivity index (χ2n) is 5.82. The molecule has 5 nitrogen and oxygen atoms in total. The number of ether oxygens (including phenoxy) is 1. The quantitative estimate of drug-likeness (QED) is 0.923. The molecular weight excluding hydrogens is 262 g/mol. The van der Waals surface area contributed by atoms with Gasteiger partial charge in [0.2, 0.25) is 0 Å². The Hall–Kier alpha value is -1.14. The van der Waals surface area contributed by atoms with Crippen molar-refractivity contribution in [3.05, 3.63) is 16.1 Å². The average Bonchev–Trinajstić information content (AvgIpc) is 2.59. The van der Waals surface area contributed by atoms with Crippen LogP contribution in [0.4, 0.5) is 4.79 Å². The summed E-state index contributed by atoms with van der Waals surface area (Å²) in [6.07, 6.45) is -0.227. The third-order valence-electron chi connectivity index (χ3n) is 2.77. The molecule has 0 saturated carbocycles. The number of aromatic nitrogens is 1. The molecule has 19 heavy (non-hydrogen) atoms. The Morgan fingerprint density at radius 3 is 2.79 bits per heavy atom. The van der Waals surface area contributed by atoms with E-state index < -0.39 is 5.60 Å². The summed E-state index contributed by atoms with van der Waals surface area (Å²) in [6.45, 7) is 9.82. The van der Waals surface area contributed by atoms with Gasteiger partial charge in [-0.15, -0.1) is 11.3 Å². The fourth-order valence-electron chi connectivity index (χ4n) is 1.82. The molecule has 1 aromatic heterocycles. The molecule has 1 aliphatic heterocycles. The van der Waals surface area contributed by atoms with Gasteiger partial charge in [-0.05, 0) is 27.7 Å². The van der Waals surface area contributed by atoms with Crippen LogP contribution in [0.3, 0.4) is 0 Å². The Kier molecular flexibility index (Phi) is 4.10. The number of carbonyl (C=O) groups is 1. The molecule has 0 aliphatic carbocycles. The van der Waals surface area contributed by atoms with Crippen LogP contribution in [0.25, 0.3) is 0 Å². The minimum absolute atomic E-state index is 0.227. The first kappa shape index (κ1) is 14.3. The maximum absolute atomic E-state index is 11.7. The van der Waals surface area contributed by atoms with Crippen molar-refractivity contribution in [3.8, 4) is 0 Å². The van der Waals surface area contributed by atoms with E-state index in [0.717, 1.165) is 17.2 Å². The van der Waals surface area contributed by atoms with Crippen LogP contribution in [0.5, 0.6) is 0 Å². The predicted octanol–water partition coefficient (Wildman–Crippen LogP) is 2.16. The summed E-state index contributed by atoms with van der Waals surface area (Å²) < 4.78 is 5.30. The summed E-state index contributed by atoms with van der Waals surface area (Å²) in [5.41, 5.74) is 0.645. The number of carbonyl (C=O) groups excluding carboxylic acids is 1. The van der Waals surface area contributed by atoms with Gasteiger partial charge in [-0.3, -0.25) is 0 Å². The molecule has 1 fully saturated rings. The maximum Gasteiger partial charge on any atom is 0.410 e. The third-order valence-corrected chi connectivity index (χ3v) is 3.59. The van der Waals surface area contributed by atoms with Gasteiger partial charge >= 0.3 is 6.09 Å². The molecule has 1 amide bonds. The van der Waals surface area contributed by atoms with E-state index in [1.165, 1.54) is 0 Å². The van der Waals surface area contributed by atoms with E-state index in [1.807, 2.05) is 27.7 Å². The van der Waals surface area contributed by atoms with Gasteiger partial charge in [0.25, 0.3) is 0 Å². The fourth-order valence-corrected chi connectivity index (χ4v) is 2.43. The molecule has 0 radical (unpaired) electrons. The number of aryl methyl sites for hydroxylation is 1. The molecular formula is C13H21N3O2S. The summed E-state index contributed by atoms with van der Waals surface area (Å²) in [7, 11) is 0. The summed E-state index contributed by atoms with van der Waals surface area (Å²) in [6, 6.07) is 0.342. The van der Waals surface area contributed by atoms with Gasteiger partial charge in [-0.25, -0.2) is 9.78 Å². The van der Waals surface area contributed by atoms with Gasteiger partial charge in [0.05, 0.1) is 10.7 Å². The first-order valence-electron chi connectivity index (χ1n) is 6.46. The lowest BCUT2D eigenvalue weighted by molar-refractivity contribution is 0.00517. The number of amides is 1. The molecule has 2 rings (SSSR count). The summed E-state index contributed by atoms with van der Waals surface area (Å²) in [5, 5.41) is 6.54. The highest BCUT2D eigenvalue weighted by molar-refractivity contribution is 7.09. The minimum Gasteiger partial charge on any atom is -0.444 e. The van der Waals surface area contributed by atoms with Crippen LogP contribution in [-0.2, 0) is 11.3 Å². The van der Waals surface area contributed by atoms with Crippen LogP contribution < -0.4 is 5.32 Å². The highest BCUT2D eigenvalue weighted by Crippen LogP contribution is 2.15. The molecule has 0 aromatic carbocycles. The van der Waals surface area contributed by atoms with Crippen molar-refractivity contribution in [2.24, 2.45) is 0 Å². The van der Waals surface area contributed by atoms with E-state index in [9.17, 15) is 4.79 Å². The van der Waals surface area contributed by atoms with Gasteiger partial charge in [-0.2, -0.15) is 0 Å². The standard InChI is InChI=1S/C13H21N3O2S/c1-9-15-10(8-19-9)5-14-11-6-16(7-11)12(17)18-13(2,3)4/h8,11,14H,5-7H2,1-4H3. The molecule has 1 aromatic rings. The number of rotatable bonds is 3. The van der Waals surface area contributed by atoms with Crippen LogP contribution in [0.2, 0.25) is 0 Å². The average molecular weight is 283 g/mol. The summed E-state index contributed by atoms with van der Waals surface area (Å²) in [5.74, 6) is 0. The van der Waals surface area contributed by atoms with Crippen molar-refractivity contribution in [2.75, 3.05) is 13.1 Å². The molecule has 1 aliphatic rings. The Bertz CT molecular complexity index is 447. The van der Waals surface area contributed by atoms with Crippen LogP contribution in [0.1, 0.15) is 31.5 Å². The Balaban J connectivity index is 1.67. The molecule has 0 spiro atoms. The van der Waals surface area contributed by atoms with Gasteiger partial charge in [0.15, 0.2) is 0 Å². The van der Waals surface area contributed by atoms with Gasteiger partial charge in [0, 0.05) is 31.1 Å². The van der Waals surface area contributed by atoms with Crippen LogP contribution in [-0.4, -0.2) is 40.7 Å². The van der Waals surface area contributed by atoms with Crippen LogP contribution in [0.15, 0.2) is 5.38 Å². The number of nitrogens with one attached hydrogen (secondary N) is 1. The molecule has 0 atom stereocenters. The lowest BCUT2D eigenvalue weighted by Crippen LogP contribution is -2.60. The van der Waals surface area contributed by atoms with E-state index in [-0.39, 0.29) is 6.09 Å². The van der Waals surface area contributed by atoms with E-state index in [0.29, 0.717) is 19.1 Å². The van der Waals surface area contributed by atoms with Crippen molar-refractivity contribution in [2.45, 2.75) is 45.9 Å². The Morgan fingerprint density at radius 1 is 1.58 bits per heavy atom. The largest absolute Gasteiger partial charge is 0.444 e. The monoisotopic (exact) mass is 283 g/mol. The topological polar surface area (TPSA) is 54.5 Å². The van der Waals surface area contributed by atoms with E-state index in [2.05, 4.69) is 15.7 Å². The molecule has 106 valence electrons. The zero-order valence-corrected chi connectivity index (χ0v) is 12.7. The zero-order chi connectivity index (χ0) is 14.0. The number of hydrogen-bond donors (Lipinski definition) is 1. The Morgan fingerprint density at radius 2 is 2.26 bits per heavy atom. The first-order chi connectivity index (χ1) is 8.83. The van der Waals surface area contributed by atoms with Gasteiger partial charge in [0.1, 0.15) is 5.60 Å². The summed E-state index contributed by atoms with van der Waals surface area (Å²) >= 11 is 1.66. The predicted molar refractivity (Wildman–Crippen MR) is 75.3 cm³/mol. The van der Waals surface area contributed by atoms with E-state index in [1.54, 1.807) is 16.2 Å². The molecule has 2 heterocycles. The lowest BCUT2D eigenvalue weighted by atomic mass is 10.1. The van der Waals surface area contributed by atoms with Crippen LogP contribution >= 0.6 is 11.3 Å². The SMILES string of the molecule is Cc1nc(CNC2CN(C(=O)OC(C)(C)C)C2)cs1. The van der Waals surface area contributed by atoms with Crippen molar-refractivity contribution < 1.29 is 9.53 Å². The fraction of sp³-hybridized carbons (Fsp3) is 0.692. The Labute approximate surface area is 118 Å². The highest BCUT2D eigenvalue weighted by atomic mass is 32.1. The molecule has 1 N–H and O–H groups in total. The van der Waals surface area contributed by atoms with Crippen LogP contribution in [0, 0.1) is 6.92 Å². The highest BCUT2D eigenvalue weighted by Gasteiger charge is 2.33. The third kappa shape index (κ3) is 4.18. The normalized spacial score (nSPS) is 16.3. The molecule has 1 saturated heterocycles. The van der Waals surface area contributed by atoms with E-state index >= 15 is 0 Å². The van der Waals surface area contributed by atoms with Crippen molar-refractivity contribution in [1.29, 1.82) is 0 Å². The van der Waals surface area contributed by atoms with Crippen molar-refractivity contribution >= 4 is 17.4 Å². The number of thiazole rings is 1. The number of likely N-dealkylation sites (tertiary alicyclic amines) is 1. The number of hydrogen-bond acceptors (Lipinski definition) is 5. The van der Waals surface area contributed by atoms with Gasteiger partial charge < -0.3 is 15.0 Å². The second kappa shape index (κ2) is 5.46.